The van der Waals surface area contributed by atoms with Gasteiger partial charge in [-0.1, -0.05) is 31.2 Å². The van der Waals surface area contributed by atoms with Crippen LogP contribution in [0.4, 0.5) is 4.39 Å². The van der Waals surface area contributed by atoms with E-state index < -0.39 is 37.3 Å². The minimum absolute atomic E-state index is 0.158. The monoisotopic (exact) mass is 472 g/mol. The van der Waals surface area contributed by atoms with E-state index in [9.17, 15) is 24.8 Å². The highest BCUT2D eigenvalue weighted by Gasteiger charge is 2.45. The van der Waals surface area contributed by atoms with Gasteiger partial charge in [-0.3, -0.25) is 0 Å². The molecule has 0 unspecified atom stereocenters. The van der Waals surface area contributed by atoms with Gasteiger partial charge in [-0.05, 0) is 48.7 Å². The first kappa shape index (κ1) is 24.3. The SMILES string of the molecule is CCc1ccc(Cc2c(O[C@@H]3O[C@H](CO)[C@@H](O)[C@H](O)[C@H]3O)nn(-c3ccc(F)cc3)c2C)cc1. The predicted octanol–water partition coefficient (Wildman–Crippen LogP) is 1.65. The Balaban J connectivity index is 1.70. The maximum absolute atomic E-state index is 13.5. The van der Waals surface area contributed by atoms with Crippen LogP contribution in [0.3, 0.4) is 0 Å². The highest BCUT2D eigenvalue weighted by atomic mass is 19.1. The molecular weight excluding hydrogens is 443 g/mol. The molecule has 34 heavy (non-hydrogen) atoms. The van der Waals surface area contributed by atoms with E-state index in [4.69, 9.17) is 9.47 Å². The molecule has 1 saturated heterocycles. The predicted molar refractivity (Wildman–Crippen MR) is 121 cm³/mol. The number of nitrogens with zero attached hydrogens (tertiary/aromatic N) is 2. The van der Waals surface area contributed by atoms with Gasteiger partial charge in [0.25, 0.3) is 0 Å². The van der Waals surface area contributed by atoms with E-state index in [2.05, 4.69) is 12.0 Å². The number of halogens is 1. The Morgan fingerprint density at radius 3 is 2.24 bits per heavy atom. The number of aromatic nitrogens is 2. The molecule has 0 saturated carbocycles. The Kier molecular flexibility index (Phi) is 7.30. The van der Waals surface area contributed by atoms with E-state index in [1.165, 1.54) is 17.7 Å². The Hall–Kier alpha value is -2.82. The average Bonchev–Trinajstić information content (AvgIpc) is 3.15. The zero-order chi connectivity index (χ0) is 24.4. The van der Waals surface area contributed by atoms with Crippen molar-refractivity contribution >= 4 is 0 Å². The van der Waals surface area contributed by atoms with Gasteiger partial charge in [0.1, 0.15) is 30.2 Å². The number of ether oxygens (including phenoxy) is 2. The summed E-state index contributed by atoms with van der Waals surface area (Å²) in [5, 5.41) is 44.6. The van der Waals surface area contributed by atoms with Crippen molar-refractivity contribution in [2.75, 3.05) is 6.61 Å². The van der Waals surface area contributed by atoms with Crippen LogP contribution >= 0.6 is 0 Å². The molecule has 0 aliphatic carbocycles. The van der Waals surface area contributed by atoms with Crippen molar-refractivity contribution in [3.63, 3.8) is 0 Å². The number of hydrogen-bond acceptors (Lipinski definition) is 7. The first-order chi connectivity index (χ1) is 16.3. The van der Waals surface area contributed by atoms with Gasteiger partial charge in [-0.25, -0.2) is 9.07 Å². The van der Waals surface area contributed by atoms with Crippen LogP contribution in [0.5, 0.6) is 5.88 Å². The summed E-state index contributed by atoms with van der Waals surface area (Å²) < 4.78 is 26.5. The molecule has 5 atom stereocenters. The molecule has 4 rings (SSSR count). The Labute approximate surface area is 196 Å². The summed E-state index contributed by atoms with van der Waals surface area (Å²) in [6.07, 6.45) is -5.71. The summed E-state index contributed by atoms with van der Waals surface area (Å²) in [4.78, 5) is 0. The lowest BCUT2D eigenvalue weighted by atomic mass is 9.99. The van der Waals surface area contributed by atoms with E-state index in [0.717, 1.165) is 17.7 Å². The molecule has 9 heteroatoms. The standard InChI is InChI=1S/C25H29FN2O6/c1-3-15-4-6-16(7-5-15)12-19-14(2)28(18-10-8-17(26)9-11-18)27-24(19)34-25-23(32)22(31)21(30)20(13-29)33-25/h4-11,20-23,25,29-32H,3,12-13H2,1-2H3/t20-,21-,22+,23-,25+/m1/s1. The molecule has 1 aliphatic heterocycles. The van der Waals surface area contributed by atoms with Crippen molar-refractivity contribution in [3.8, 4) is 11.6 Å². The molecule has 1 fully saturated rings. The van der Waals surface area contributed by atoms with Gasteiger partial charge in [-0.2, -0.15) is 0 Å². The van der Waals surface area contributed by atoms with Gasteiger partial charge in [-0.15, -0.1) is 5.10 Å². The molecule has 3 aromatic rings. The molecule has 0 radical (unpaired) electrons. The van der Waals surface area contributed by atoms with E-state index in [-0.39, 0.29) is 11.7 Å². The van der Waals surface area contributed by atoms with Crippen LogP contribution < -0.4 is 4.74 Å². The minimum Gasteiger partial charge on any atom is -0.443 e. The van der Waals surface area contributed by atoms with Crippen molar-refractivity contribution in [3.05, 3.63) is 76.7 Å². The van der Waals surface area contributed by atoms with Gasteiger partial charge in [0.15, 0.2) is 0 Å². The minimum atomic E-state index is -1.57. The fourth-order valence-corrected chi connectivity index (χ4v) is 4.01. The second-order valence-corrected chi connectivity index (χ2v) is 8.42. The Morgan fingerprint density at radius 2 is 1.62 bits per heavy atom. The van der Waals surface area contributed by atoms with E-state index in [1.807, 2.05) is 31.2 Å². The van der Waals surface area contributed by atoms with Crippen LogP contribution in [-0.4, -0.2) is 67.5 Å². The second-order valence-electron chi connectivity index (χ2n) is 8.42. The van der Waals surface area contributed by atoms with Crippen molar-refractivity contribution in [2.24, 2.45) is 0 Å². The van der Waals surface area contributed by atoms with Gasteiger partial charge in [0.05, 0.1) is 12.3 Å². The van der Waals surface area contributed by atoms with Gasteiger partial charge >= 0.3 is 0 Å². The molecule has 2 heterocycles. The normalized spacial score (nSPS) is 24.9. The third-order valence-electron chi connectivity index (χ3n) is 6.16. The molecule has 1 aromatic heterocycles. The average molecular weight is 473 g/mol. The molecule has 0 spiro atoms. The van der Waals surface area contributed by atoms with Gasteiger partial charge in [0.2, 0.25) is 12.2 Å². The number of rotatable bonds is 7. The lowest BCUT2D eigenvalue weighted by molar-refractivity contribution is -0.278. The molecule has 2 aromatic carbocycles. The molecule has 182 valence electrons. The van der Waals surface area contributed by atoms with Crippen LogP contribution in [-0.2, 0) is 17.6 Å². The van der Waals surface area contributed by atoms with Crippen LogP contribution in [0.25, 0.3) is 5.69 Å². The van der Waals surface area contributed by atoms with Crippen LogP contribution in [0, 0.1) is 12.7 Å². The second kappa shape index (κ2) is 10.2. The summed E-state index contributed by atoms with van der Waals surface area (Å²) in [6.45, 7) is 3.37. The number of aliphatic hydroxyl groups is 4. The molecule has 0 amide bonds. The highest BCUT2D eigenvalue weighted by Crippen LogP contribution is 2.31. The first-order valence-electron chi connectivity index (χ1n) is 11.2. The summed E-state index contributed by atoms with van der Waals surface area (Å²) in [5.41, 5.74) is 4.29. The third kappa shape index (κ3) is 4.84. The summed E-state index contributed by atoms with van der Waals surface area (Å²) in [7, 11) is 0. The fourth-order valence-electron chi connectivity index (χ4n) is 4.01. The zero-order valence-corrected chi connectivity index (χ0v) is 19.0. The van der Waals surface area contributed by atoms with Crippen LogP contribution in [0.2, 0.25) is 0 Å². The lowest BCUT2D eigenvalue weighted by Gasteiger charge is -2.39. The van der Waals surface area contributed by atoms with Crippen molar-refractivity contribution in [1.29, 1.82) is 0 Å². The van der Waals surface area contributed by atoms with Gasteiger partial charge in [0, 0.05) is 17.7 Å². The molecule has 0 bridgehead atoms. The summed E-state index contributed by atoms with van der Waals surface area (Å²) in [5.74, 6) is -0.215. The maximum Gasteiger partial charge on any atom is 0.239 e. The summed E-state index contributed by atoms with van der Waals surface area (Å²) >= 11 is 0. The van der Waals surface area contributed by atoms with E-state index in [1.54, 1.807) is 16.8 Å². The van der Waals surface area contributed by atoms with E-state index >= 15 is 0 Å². The number of aryl methyl sites for hydroxylation is 1. The number of benzene rings is 2. The number of hydrogen-bond donors (Lipinski definition) is 4. The molecular formula is C25H29FN2O6. The van der Waals surface area contributed by atoms with Crippen LogP contribution in [0.15, 0.2) is 48.5 Å². The maximum atomic E-state index is 13.5. The third-order valence-corrected chi connectivity index (χ3v) is 6.16. The van der Waals surface area contributed by atoms with Crippen LogP contribution in [0.1, 0.15) is 29.3 Å². The molecule has 4 N–H and O–H groups in total. The molecule has 8 nitrogen and oxygen atoms in total. The number of aliphatic hydroxyl groups excluding tert-OH is 4. The Morgan fingerprint density at radius 1 is 0.971 bits per heavy atom. The lowest BCUT2D eigenvalue weighted by Crippen LogP contribution is -2.60. The smallest absolute Gasteiger partial charge is 0.239 e. The van der Waals surface area contributed by atoms with Crippen molar-refractivity contribution in [1.82, 2.24) is 9.78 Å². The van der Waals surface area contributed by atoms with Crippen molar-refractivity contribution in [2.45, 2.75) is 57.4 Å². The zero-order valence-electron chi connectivity index (χ0n) is 19.0. The topological polar surface area (TPSA) is 117 Å². The summed E-state index contributed by atoms with van der Waals surface area (Å²) in [6, 6.07) is 14.0. The van der Waals surface area contributed by atoms with Gasteiger partial charge < -0.3 is 29.9 Å². The van der Waals surface area contributed by atoms with E-state index in [0.29, 0.717) is 17.7 Å². The Bertz CT molecular complexity index is 1100. The molecule has 1 aliphatic rings. The highest BCUT2D eigenvalue weighted by molar-refractivity contribution is 5.42. The quantitative estimate of drug-likeness (QED) is 0.413. The largest absolute Gasteiger partial charge is 0.443 e. The first-order valence-corrected chi connectivity index (χ1v) is 11.2. The fraction of sp³-hybridized carbons (Fsp3) is 0.400. The van der Waals surface area contributed by atoms with Crippen molar-refractivity contribution < 1.29 is 34.3 Å².